The van der Waals surface area contributed by atoms with Gasteiger partial charge in [-0.05, 0) is 79.0 Å². The van der Waals surface area contributed by atoms with Crippen molar-refractivity contribution in [2.45, 2.75) is 85.5 Å². The highest BCUT2D eigenvalue weighted by Crippen LogP contribution is 2.40. The number of aliphatic hydroxyl groups excluding tert-OH is 1. The van der Waals surface area contributed by atoms with E-state index in [2.05, 4.69) is 114 Å². The van der Waals surface area contributed by atoms with Gasteiger partial charge in [-0.25, -0.2) is 4.58 Å². The zero-order chi connectivity index (χ0) is 35.3. The van der Waals surface area contributed by atoms with E-state index in [0.29, 0.717) is 29.0 Å². The van der Waals surface area contributed by atoms with E-state index in [4.69, 9.17) is 0 Å². The molecule has 0 fully saturated rings. The van der Waals surface area contributed by atoms with Crippen LogP contribution in [0, 0.1) is 11.8 Å². The molecule has 0 aliphatic heterocycles. The highest BCUT2D eigenvalue weighted by Gasteiger charge is 2.38. The molecule has 1 aromatic heterocycles. The lowest BCUT2D eigenvalue weighted by Crippen LogP contribution is -2.25. The fraction of sp³-hybridized carbons (Fsp3) is 0.378. The van der Waals surface area contributed by atoms with Gasteiger partial charge < -0.3 is 15.0 Å². The molecule has 50 heavy (non-hydrogen) atoms. The summed E-state index contributed by atoms with van der Waals surface area (Å²) in [6.45, 7) is 13.2. The minimum atomic E-state index is -0.157. The van der Waals surface area contributed by atoms with Gasteiger partial charge >= 0.3 is 0 Å². The van der Waals surface area contributed by atoms with Crippen molar-refractivity contribution >= 4 is 22.8 Å². The number of Topliss-reactive ketones (excluding diaryl/α,β-unsaturated/α-hetero) is 1. The van der Waals surface area contributed by atoms with Crippen LogP contribution in [0.25, 0.3) is 5.57 Å². The Balaban J connectivity index is 1.25. The number of aromatic amines is 1. The molecule has 0 radical (unpaired) electrons. The number of aliphatic hydroxyl groups is 1. The Morgan fingerprint density at radius 3 is 2.02 bits per heavy atom. The van der Waals surface area contributed by atoms with Crippen molar-refractivity contribution in [1.29, 1.82) is 0 Å². The number of aromatic nitrogens is 1. The molecule has 1 aromatic carbocycles. The summed E-state index contributed by atoms with van der Waals surface area (Å²) in [6.07, 6.45) is 22.4. The third kappa shape index (κ3) is 9.16. The molecule has 3 aliphatic carbocycles. The number of ketones is 1. The first-order valence-corrected chi connectivity index (χ1v) is 18.6. The largest absolute Gasteiger partial charge is 0.506 e. The van der Waals surface area contributed by atoms with E-state index in [1.807, 2.05) is 24.3 Å². The molecule has 0 atom stereocenters. The maximum Gasteiger partial charge on any atom is 0.202 e. The number of carbonyl (C=O) groups excluding carboxylic acids is 1. The van der Waals surface area contributed by atoms with Gasteiger partial charge in [-0.2, -0.15) is 0 Å². The van der Waals surface area contributed by atoms with Crippen molar-refractivity contribution in [2.75, 3.05) is 31.1 Å². The first-order valence-electron chi connectivity index (χ1n) is 18.6. The normalized spacial score (nSPS) is 16.4. The molecule has 5 nitrogen and oxygen atoms in total. The third-order valence-corrected chi connectivity index (χ3v) is 9.37. The van der Waals surface area contributed by atoms with Crippen molar-refractivity contribution in [3.05, 3.63) is 129 Å². The minimum Gasteiger partial charge on any atom is -0.506 e. The van der Waals surface area contributed by atoms with Crippen molar-refractivity contribution in [3.63, 3.8) is 0 Å². The van der Waals surface area contributed by atoms with Crippen LogP contribution in [0.5, 0.6) is 0 Å². The maximum absolute atomic E-state index is 13.3. The predicted molar refractivity (Wildman–Crippen MR) is 208 cm³/mol. The zero-order valence-corrected chi connectivity index (χ0v) is 30.4. The summed E-state index contributed by atoms with van der Waals surface area (Å²) >= 11 is 0. The molecule has 5 heteroatoms. The molecule has 0 saturated carbocycles. The SMILES string of the molecule is CCCCN(CCCC)c1ccc(C#Cc2ccc(C3=C(O)C(=C4C=CC(=C=C=C5C=CC(=[N+](CCCC)CCCC)C=C5)C4)C3=O)[nH]2)cc1. The lowest BCUT2D eigenvalue weighted by Gasteiger charge is -2.24. The first-order chi connectivity index (χ1) is 24.4. The molecular weight excluding hydrogens is 615 g/mol. The lowest BCUT2D eigenvalue weighted by molar-refractivity contribution is -0.527. The minimum absolute atomic E-state index is 0.0304. The van der Waals surface area contributed by atoms with Gasteiger partial charge in [0.2, 0.25) is 5.78 Å². The number of benzene rings is 1. The molecular formula is C45H52N3O2+. The quantitative estimate of drug-likeness (QED) is 0.0914. The summed E-state index contributed by atoms with van der Waals surface area (Å²) in [7, 11) is 0. The second kappa shape index (κ2) is 18.1. The highest BCUT2D eigenvalue weighted by molar-refractivity contribution is 6.39. The summed E-state index contributed by atoms with van der Waals surface area (Å²) in [4.78, 5) is 18.9. The number of nitrogens with zero attached hydrogens (tertiary/aromatic N) is 2. The molecule has 1 heterocycles. The molecule has 3 aliphatic rings. The van der Waals surface area contributed by atoms with E-state index in [1.165, 1.54) is 62.8 Å². The van der Waals surface area contributed by atoms with Crippen LogP contribution in [0.3, 0.4) is 0 Å². The number of hydrogen-bond acceptors (Lipinski definition) is 3. The average Bonchev–Trinajstić information content (AvgIpc) is 3.80. The van der Waals surface area contributed by atoms with Crippen LogP contribution in [0.15, 0.2) is 112 Å². The molecule has 0 bridgehead atoms. The topological polar surface area (TPSA) is 59.3 Å². The maximum atomic E-state index is 13.3. The second-order valence-electron chi connectivity index (χ2n) is 13.3. The number of carbonyl (C=O) groups is 1. The molecule has 258 valence electrons. The molecule has 2 N–H and O–H groups in total. The molecule has 0 unspecified atom stereocenters. The Hall–Kier alpha value is -5.00. The summed E-state index contributed by atoms with van der Waals surface area (Å²) < 4.78 is 2.47. The number of allylic oxidation sites excluding steroid dienone is 11. The number of anilines is 1. The van der Waals surface area contributed by atoms with Crippen LogP contribution < -0.4 is 4.90 Å². The number of nitrogens with one attached hydrogen (secondary N) is 1. The standard InChI is InChI=1S/C45H51N3O2/c1-5-9-29-47(30-10-6-2)39-24-17-34(18-25-39)13-14-36-15-21-37(33-36)42-44(49)43(45(42)50)41-28-23-38(46-41)22-16-35-19-26-40(27-20-35)48(31-11-7-3)32-12-8-4/h15,17-21,23-28H,5-12,29-33H2,1-4H3,(H,49,50)/p+1. The Kier molecular flexibility index (Phi) is 13.2. The summed E-state index contributed by atoms with van der Waals surface area (Å²) in [6, 6.07) is 12.1. The van der Waals surface area contributed by atoms with Crippen LogP contribution in [0.4, 0.5) is 5.69 Å². The average molecular weight is 667 g/mol. The van der Waals surface area contributed by atoms with E-state index in [1.54, 1.807) is 0 Å². The smallest absolute Gasteiger partial charge is 0.202 e. The fourth-order valence-corrected chi connectivity index (χ4v) is 6.29. The number of unbranched alkanes of at least 4 members (excludes halogenated alkanes) is 4. The Bertz CT molecular complexity index is 1880. The van der Waals surface area contributed by atoms with Gasteiger partial charge in [0, 0.05) is 66.9 Å². The van der Waals surface area contributed by atoms with E-state index < -0.39 is 0 Å². The summed E-state index contributed by atoms with van der Waals surface area (Å²) in [5.41, 5.74) is 14.6. The lowest BCUT2D eigenvalue weighted by atomic mass is 9.82. The van der Waals surface area contributed by atoms with Crippen molar-refractivity contribution in [1.82, 2.24) is 4.98 Å². The van der Waals surface area contributed by atoms with E-state index >= 15 is 0 Å². The van der Waals surface area contributed by atoms with Gasteiger partial charge in [0.1, 0.15) is 18.8 Å². The Morgan fingerprint density at radius 1 is 0.740 bits per heavy atom. The van der Waals surface area contributed by atoms with Crippen molar-refractivity contribution < 1.29 is 14.5 Å². The number of H-pyrrole nitrogens is 1. The van der Waals surface area contributed by atoms with Crippen LogP contribution in [0.2, 0.25) is 0 Å². The van der Waals surface area contributed by atoms with Gasteiger partial charge in [0.25, 0.3) is 0 Å². The predicted octanol–water partition coefficient (Wildman–Crippen LogP) is 9.72. The second-order valence-corrected chi connectivity index (χ2v) is 13.3. The van der Waals surface area contributed by atoms with Crippen molar-refractivity contribution in [2.24, 2.45) is 0 Å². The van der Waals surface area contributed by atoms with Gasteiger partial charge in [-0.1, -0.05) is 76.8 Å². The molecule has 0 spiro atoms. The van der Waals surface area contributed by atoms with E-state index in [0.717, 1.165) is 48.5 Å². The summed E-state index contributed by atoms with van der Waals surface area (Å²) in [5.74, 6) is 6.28. The number of hydrogen-bond donors (Lipinski definition) is 2. The Labute approximate surface area is 299 Å². The first kappa shape index (κ1) is 36.3. The van der Waals surface area contributed by atoms with Crippen LogP contribution >= 0.6 is 0 Å². The molecule has 0 saturated heterocycles. The van der Waals surface area contributed by atoms with Gasteiger partial charge in [0.15, 0.2) is 5.71 Å². The van der Waals surface area contributed by atoms with Crippen LogP contribution in [-0.4, -0.2) is 52.3 Å². The fourth-order valence-electron chi connectivity index (χ4n) is 6.29. The monoisotopic (exact) mass is 666 g/mol. The molecule has 5 rings (SSSR count). The Morgan fingerprint density at radius 2 is 1.40 bits per heavy atom. The third-order valence-electron chi connectivity index (χ3n) is 9.37. The summed E-state index contributed by atoms with van der Waals surface area (Å²) in [5, 5.41) is 11.0. The van der Waals surface area contributed by atoms with Gasteiger partial charge in [-0.15, -0.1) is 0 Å². The number of rotatable bonds is 14. The zero-order valence-electron chi connectivity index (χ0n) is 30.4. The van der Waals surface area contributed by atoms with Crippen molar-refractivity contribution in [3.8, 4) is 11.8 Å². The molecule has 0 amide bonds. The van der Waals surface area contributed by atoms with E-state index in [9.17, 15) is 9.90 Å². The molecule has 2 aromatic rings. The van der Waals surface area contributed by atoms with E-state index in [-0.39, 0.29) is 11.5 Å². The highest BCUT2D eigenvalue weighted by atomic mass is 16.3. The van der Waals surface area contributed by atoms with Crippen LogP contribution in [0.1, 0.15) is 102 Å². The van der Waals surface area contributed by atoms with Gasteiger partial charge in [-0.3, -0.25) is 4.79 Å². The van der Waals surface area contributed by atoms with Crippen LogP contribution in [-0.2, 0) is 4.79 Å². The van der Waals surface area contributed by atoms with Gasteiger partial charge in [0.05, 0.1) is 22.5 Å².